The summed E-state index contributed by atoms with van der Waals surface area (Å²) in [6, 6.07) is 2.24. The van der Waals surface area contributed by atoms with Crippen LogP contribution in [0.25, 0.3) is 0 Å². The van der Waals surface area contributed by atoms with E-state index >= 15 is 0 Å². The first-order valence-corrected chi connectivity index (χ1v) is 5.82. The monoisotopic (exact) mass is 279 g/mol. The van der Waals surface area contributed by atoms with E-state index in [4.69, 9.17) is 0 Å². The molecular weight excluding hydrogens is 266 g/mol. The smallest absolute Gasteiger partial charge is 0.314 e. The number of nitro groups is 1. The van der Waals surface area contributed by atoms with Crippen molar-refractivity contribution in [1.29, 1.82) is 0 Å². The molecule has 0 aromatic heterocycles. The fraction of sp³-hybridized carbons (Fsp3) is 0.273. The molecule has 0 fully saturated rings. The molecule has 2 rings (SSSR count). The van der Waals surface area contributed by atoms with Gasteiger partial charge in [-0.05, 0) is 0 Å². The summed E-state index contributed by atoms with van der Waals surface area (Å²) in [5.74, 6) is -0.275. The third kappa shape index (κ3) is 2.76. The quantitative estimate of drug-likeness (QED) is 0.470. The van der Waals surface area contributed by atoms with Crippen LogP contribution >= 0.6 is 0 Å². The van der Waals surface area contributed by atoms with E-state index in [2.05, 4.69) is 21.3 Å². The van der Waals surface area contributed by atoms with Gasteiger partial charge in [0.15, 0.2) is 0 Å². The number of carbonyl (C=O) groups excluding carboxylic acids is 2. The molecule has 9 heteroatoms. The summed E-state index contributed by atoms with van der Waals surface area (Å²) in [6.45, 7) is 0.185. The number of hydrogen-bond acceptors (Lipinski definition) is 5. The highest BCUT2D eigenvalue weighted by atomic mass is 16.6. The van der Waals surface area contributed by atoms with Crippen LogP contribution in [-0.2, 0) is 11.3 Å². The number of nitro benzene ring substituents is 1. The molecule has 0 unspecified atom stereocenters. The molecule has 0 saturated heterocycles. The van der Waals surface area contributed by atoms with Crippen molar-refractivity contribution in [3.05, 3.63) is 27.8 Å². The highest BCUT2D eigenvalue weighted by Gasteiger charge is 2.22. The van der Waals surface area contributed by atoms with Gasteiger partial charge in [-0.1, -0.05) is 0 Å². The Bertz CT molecular complexity index is 586. The van der Waals surface area contributed by atoms with Crippen molar-refractivity contribution < 1.29 is 14.5 Å². The Morgan fingerprint density at radius 3 is 2.90 bits per heavy atom. The molecule has 0 radical (unpaired) electrons. The number of hydrogen-bond donors (Lipinski definition) is 4. The number of fused-ring (bicyclic) bond motifs is 1. The van der Waals surface area contributed by atoms with Crippen molar-refractivity contribution >= 4 is 29.0 Å². The summed E-state index contributed by atoms with van der Waals surface area (Å²) in [4.78, 5) is 32.8. The number of nitrogens with one attached hydrogen (secondary N) is 4. The first kappa shape index (κ1) is 13.6. The van der Waals surface area contributed by atoms with E-state index in [0.717, 1.165) is 0 Å². The highest BCUT2D eigenvalue weighted by molar-refractivity contribution is 6.01. The van der Waals surface area contributed by atoms with Crippen LogP contribution in [-0.4, -0.2) is 30.5 Å². The first-order valence-electron chi connectivity index (χ1n) is 5.82. The second-order valence-electron chi connectivity index (χ2n) is 4.12. The molecular formula is C11H13N5O4. The van der Waals surface area contributed by atoms with Crippen LogP contribution in [0, 0.1) is 10.1 Å². The number of urea groups is 1. The van der Waals surface area contributed by atoms with Gasteiger partial charge in [-0.3, -0.25) is 14.9 Å². The zero-order valence-corrected chi connectivity index (χ0v) is 10.6. The first-order chi connectivity index (χ1) is 9.51. The van der Waals surface area contributed by atoms with Gasteiger partial charge in [0.1, 0.15) is 0 Å². The molecule has 106 valence electrons. The topological polar surface area (TPSA) is 125 Å². The number of rotatable bonds is 3. The van der Waals surface area contributed by atoms with Gasteiger partial charge in [-0.2, -0.15) is 0 Å². The lowest BCUT2D eigenvalue weighted by molar-refractivity contribution is -0.384. The summed E-state index contributed by atoms with van der Waals surface area (Å²) in [5.41, 5.74) is 1.29. The van der Waals surface area contributed by atoms with E-state index in [1.807, 2.05) is 0 Å². The van der Waals surface area contributed by atoms with E-state index in [9.17, 15) is 19.7 Å². The second kappa shape index (κ2) is 5.43. The lowest BCUT2D eigenvalue weighted by atomic mass is 10.1. The largest absolute Gasteiger partial charge is 0.374 e. The Morgan fingerprint density at radius 2 is 2.25 bits per heavy atom. The summed E-state index contributed by atoms with van der Waals surface area (Å²) in [7, 11) is 1.47. The Morgan fingerprint density at radius 1 is 1.50 bits per heavy atom. The molecule has 1 aliphatic rings. The van der Waals surface area contributed by atoms with Gasteiger partial charge in [0.2, 0.25) is 5.91 Å². The van der Waals surface area contributed by atoms with Gasteiger partial charge in [0, 0.05) is 31.3 Å². The second-order valence-corrected chi connectivity index (χ2v) is 4.12. The average molecular weight is 279 g/mol. The molecule has 9 nitrogen and oxygen atoms in total. The Hall–Kier alpha value is -2.84. The lowest BCUT2D eigenvalue weighted by Gasteiger charge is -2.21. The van der Waals surface area contributed by atoms with Crippen LogP contribution in [0.15, 0.2) is 12.1 Å². The standard InChI is InChI=1S/C11H13N5O4/c1-12-11(18)14-4-6-2-7(16(19)20)3-8-10(6)13-5-9(17)15-8/h2-3,13H,4-5H2,1H3,(H,15,17)(H2,12,14,18). The highest BCUT2D eigenvalue weighted by Crippen LogP contribution is 2.33. The zero-order chi connectivity index (χ0) is 14.7. The van der Waals surface area contributed by atoms with E-state index in [1.165, 1.54) is 19.2 Å². The number of benzene rings is 1. The minimum atomic E-state index is -0.551. The van der Waals surface area contributed by atoms with Gasteiger partial charge >= 0.3 is 6.03 Å². The molecule has 0 bridgehead atoms. The SMILES string of the molecule is CNC(=O)NCc1cc([N+](=O)[O-])cc2c1NCC(=O)N2. The van der Waals surface area contributed by atoms with Crippen molar-refractivity contribution in [2.75, 3.05) is 24.2 Å². The molecule has 0 atom stereocenters. The Labute approximate surface area is 113 Å². The fourth-order valence-electron chi connectivity index (χ4n) is 1.86. The van der Waals surface area contributed by atoms with Crippen molar-refractivity contribution in [3.63, 3.8) is 0 Å². The van der Waals surface area contributed by atoms with Crippen LogP contribution in [0.2, 0.25) is 0 Å². The van der Waals surface area contributed by atoms with Gasteiger partial charge in [0.25, 0.3) is 5.69 Å². The molecule has 20 heavy (non-hydrogen) atoms. The Kier molecular flexibility index (Phi) is 3.69. The predicted octanol–water partition coefficient (Wildman–Crippen LogP) is 0.388. The van der Waals surface area contributed by atoms with Crippen molar-refractivity contribution in [2.45, 2.75) is 6.54 Å². The molecule has 1 aromatic carbocycles. The third-order valence-electron chi connectivity index (χ3n) is 2.78. The van der Waals surface area contributed by atoms with E-state index in [1.54, 1.807) is 0 Å². The number of carbonyl (C=O) groups is 2. The molecule has 0 aliphatic carbocycles. The maximum absolute atomic E-state index is 11.3. The summed E-state index contributed by atoms with van der Waals surface area (Å²) < 4.78 is 0. The van der Waals surface area contributed by atoms with Crippen molar-refractivity contribution in [3.8, 4) is 0 Å². The normalized spacial score (nSPS) is 12.8. The average Bonchev–Trinajstić information content (AvgIpc) is 2.43. The van der Waals surface area contributed by atoms with Crippen LogP contribution < -0.4 is 21.3 Å². The van der Waals surface area contributed by atoms with E-state index in [-0.39, 0.29) is 24.7 Å². The number of anilines is 2. The summed E-state index contributed by atoms with van der Waals surface area (Å²) >= 11 is 0. The molecule has 1 aliphatic heterocycles. The van der Waals surface area contributed by atoms with E-state index < -0.39 is 11.0 Å². The molecule has 1 heterocycles. The molecule has 1 aromatic rings. The summed E-state index contributed by atoms with van der Waals surface area (Å²) in [5, 5.41) is 21.3. The van der Waals surface area contributed by atoms with Crippen LogP contribution in [0.4, 0.5) is 21.9 Å². The minimum absolute atomic E-state index is 0.0811. The van der Waals surface area contributed by atoms with Gasteiger partial charge < -0.3 is 21.3 Å². The third-order valence-corrected chi connectivity index (χ3v) is 2.78. The molecule has 4 N–H and O–H groups in total. The molecule has 0 spiro atoms. The van der Waals surface area contributed by atoms with Gasteiger partial charge in [0.05, 0.1) is 22.8 Å². The van der Waals surface area contributed by atoms with Crippen LogP contribution in [0.5, 0.6) is 0 Å². The predicted molar refractivity (Wildman–Crippen MR) is 71.5 cm³/mol. The number of non-ortho nitro benzene ring substituents is 1. The maximum atomic E-state index is 11.3. The zero-order valence-electron chi connectivity index (χ0n) is 10.6. The van der Waals surface area contributed by atoms with Gasteiger partial charge in [-0.15, -0.1) is 0 Å². The molecule has 3 amide bonds. The fourth-order valence-corrected chi connectivity index (χ4v) is 1.86. The van der Waals surface area contributed by atoms with Crippen molar-refractivity contribution in [2.24, 2.45) is 0 Å². The maximum Gasteiger partial charge on any atom is 0.314 e. The Balaban J connectivity index is 2.35. The van der Waals surface area contributed by atoms with E-state index in [0.29, 0.717) is 16.9 Å². The lowest BCUT2D eigenvalue weighted by Crippen LogP contribution is -2.33. The van der Waals surface area contributed by atoms with Crippen LogP contribution in [0.1, 0.15) is 5.56 Å². The minimum Gasteiger partial charge on any atom is -0.374 e. The van der Waals surface area contributed by atoms with Gasteiger partial charge in [-0.25, -0.2) is 4.79 Å². The summed E-state index contributed by atoms with van der Waals surface area (Å²) in [6.07, 6.45) is 0. The van der Waals surface area contributed by atoms with Crippen molar-refractivity contribution in [1.82, 2.24) is 10.6 Å². The van der Waals surface area contributed by atoms with Crippen LogP contribution in [0.3, 0.4) is 0 Å². The molecule has 0 saturated carbocycles. The number of nitrogens with zero attached hydrogens (tertiary/aromatic N) is 1. The number of amides is 3.